The van der Waals surface area contributed by atoms with E-state index in [1.807, 2.05) is 13.8 Å². The molecule has 0 aromatic rings. The van der Waals surface area contributed by atoms with Crippen LogP contribution < -0.4 is 5.32 Å². The van der Waals surface area contributed by atoms with Gasteiger partial charge in [0.15, 0.2) is 0 Å². The molecule has 1 rings (SSSR count). The highest BCUT2D eigenvalue weighted by Gasteiger charge is 2.30. The largest absolute Gasteiger partial charge is 0.390 e. The van der Waals surface area contributed by atoms with Gasteiger partial charge >= 0.3 is 0 Å². The lowest BCUT2D eigenvalue weighted by atomic mass is 9.83. The SMILES string of the molecule is CCC(=O)N[C@H]1CCC[C@](C)(O)C1. The number of rotatable bonds is 2. The van der Waals surface area contributed by atoms with Crippen LogP contribution in [0.4, 0.5) is 0 Å². The van der Waals surface area contributed by atoms with Crippen molar-refractivity contribution in [2.24, 2.45) is 0 Å². The average molecular weight is 185 g/mol. The van der Waals surface area contributed by atoms with Gasteiger partial charge in [-0.3, -0.25) is 4.79 Å². The quantitative estimate of drug-likeness (QED) is 0.679. The van der Waals surface area contributed by atoms with Crippen molar-refractivity contribution in [2.45, 2.75) is 57.6 Å². The van der Waals surface area contributed by atoms with E-state index in [4.69, 9.17) is 0 Å². The molecule has 3 heteroatoms. The topological polar surface area (TPSA) is 49.3 Å². The molecule has 1 fully saturated rings. The monoisotopic (exact) mass is 185 g/mol. The van der Waals surface area contributed by atoms with Crippen molar-refractivity contribution < 1.29 is 9.90 Å². The Morgan fingerprint density at radius 1 is 1.69 bits per heavy atom. The first-order valence-electron chi connectivity index (χ1n) is 5.05. The first-order chi connectivity index (χ1) is 6.03. The highest BCUT2D eigenvalue weighted by molar-refractivity contribution is 5.75. The highest BCUT2D eigenvalue weighted by Crippen LogP contribution is 2.27. The molecule has 1 aliphatic carbocycles. The normalized spacial score (nSPS) is 34.2. The summed E-state index contributed by atoms with van der Waals surface area (Å²) in [7, 11) is 0. The summed E-state index contributed by atoms with van der Waals surface area (Å²) in [5, 5.41) is 12.7. The van der Waals surface area contributed by atoms with Gasteiger partial charge in [0, 0.05) is 12.5 Å². The average Bonchev–Trinajstić information content (AvgIpc) is 2.02. The van der Waals surface area contributed by atoms with Crippen LogP contribution in [0, 0.1) is 0 Å². The van der Waals surface area contributed by atoms with Crippen molar-refractivity contribution in [1.82, 2.24) is 5.32 Å². The van der Waals surface area contributed by atoms with Crippen LogP contribution in [0.2, 0.25) is 0 Å². The van der Waals surface area contributed by atoms with E-state index in [9.17, 15) is 9.90 Å². The number of carbonyl (C=O) groups excluding carboxylic acids is 1. The van der Waals surface area contributed by atoms with E-state index in [0.29, 0.717) is 12.8 Å². The number of hydrogen-bond acceptors (Lipinski definition) is 2. The summed E-state index contributed by atoms with van der Waals surface area (Å²) in [6, 6.07) is 0.177. The molecule has 0 unspecified atom stereocenters. The number of hydrogen-bond donors (Lipinski definition) is 2. The van der Waals surface area contributed by atoms with Gasteiger partial charge in [-0.2, -0.15) is 0 Å². The molecule has 3 nitrogen and oxygen atoms in total. The molecule has 0 aromatic carbocycles. The lowest BCUT2D eigenvalue weighted by molar-refractivity contribution is -0.122. The first kappa shape index (κ1) is 10.5. The van der Waals surface area contributed by atoms with E-state index < -0.39 is 5.60 Å². The third-order valence-corrected chi connectivity index (χ3v) is 2.64. The van der Waals surface area contributed by atoms with E-state index in [2.05, 4.69) is 5.32 Å². The Bertz CT molecular complexity index is 189. The second kappa shape index (κ2) is 4.09. The van der Waals surface area contributed by atoms with Crippen molar-refractivity contribution >= 4 is 5.91 Å². The zero-order valence-corrected chi connectivity index (χ0v) is 8.47. The number of carbonyl (C=O) groups is 1. The van der Waals surface area contributed by atoms with Crippen LogP contribution in [0.15, 0.2) is 0 Å². The van der Waals surface area contributed by atoms with Gasteiger partial charge in [0.2, 0.25) is 5.91 Å². The van der Waals surface area contributed by atoms with Gasteiger partial charge in [-0.1, -0.05) is 6.92 Å². The van der Waals surface area contributed by atoms with Crippen LogP contribution in [-0.4, -0.2) is 22.7 Å². The van der Waals surface area contributed by atoms with E-state index in [0.717, 1.165) is 19.3 Å². The fourth-order valence-electron chi connectivity index (χ4n) is 1.92. The molecule has 0 saturated heterocycles. The van der Waals surface area contributed by atoms with Crippen LogP contribution in [-0.2, 0) is 4.79 Å². The molecule has 1 amide bonds. The van der Waals surface area contributed by atoms with Gasteiger partial charge in [0.05, 0.1) is 5.60 Å². The molecule has 76 valence electrons. The lowest BCUT2D eigenvalue weighted by Gasteiger charge is -2.34. The van der Waals surface area contributed by atoms with Crippen LogP contribution in [0.5, 0.6) is 0 Å². The van der Waals surface area contributed by atoms with Gasteiger partial charge in [0.1, 0.15) is 0 Å². The molecule has 1 aliphatic rings. The molecule has 0 aromatic heterocycles. The van der Waals surface area contributed by atoms with Crippen LogP contribution in [0.25, 0.3) is 0 Å². The molecule has 0 aliphatic heterocycles. The molecule has 0 bridgehead atoms. The molecule has 0 spiro atoms. The van der Waals surface area contributed by atoms with Gasteiger partial charge in [0.25, 0.3) is 0 Å². The summed E-state index contributed by atoms with van der Waals surface area (Å²) >= 11 is 0. The van der Waals surface area contributed by atoms with Gasteiger partial charge in [-0.25, -0.2) is 0 Å². The van der Waals surface area contributed by atoms with Crippen molar-refractivity contribution in [2.75, 3.05) is 0 Å². The smallest absolute Gasteiger partial charge is 0.219 e. The number of amides is 1. The standard InChI is InChI=1S/C10H19NO2/c1-3-9(12)11-8-5-4-6-10(2,13)7-8/h8,13H,3-7H2,1-2H3,(H,11,12)/t8-,10-/m0/s1. The van der Waals surface area contributed by atoms with Crippen LogP contribution in [0.1, 0.15) is 46.0 Å². The van der Waals surface area contributed by atoms with Crippen molar-refractivity contribution in [3.8, 4) is 0 Å². The molecular formula is C10H19NO2. The highest BCUT2D eigenvalue weighted by atomic mass is 16.3. The molecule has 2 atom stereocenters. The Balaban J connectivity index is 2.39. The molecular weight excluding hydrogens is 166 g/mol. The van der Waals surface area contributed by atoms with E-state index in [-0.39, 0.29) is 11.9 Å². The van der Waals surface area contributed by atoms with Gasteiger partial charge < -0.3 is 10.4 Å². The summed E-state index contributed by atoms with van der Waals surface area (Å²) in [6.45, 7) is 3.69. The van der Waals surface area contributed by atoms with Crippen molar-refractivity contribution in [3.63, 3.8) is 0 Å². The van der Waals surface area contributed by atoms with Crippen molar-refractivity contribution in [1.29, 1.82) is 0 Å². The molecule has 13 heavy (non-hydrogen) atoms. The maximum Gasteiger partial charge on any atom is 0.219 e. The fraction of sp³-hybridized carbons (Fsp3) is 0.900. The minimum absolute atomic E-state index is 0.0858. The molecule has 0 radical (unpaired) electrons. The predicted molar refractivity (Wildman–Crippen MR) is 51.3 cm³/mol. The summed E-state index contributed by atoms with van der Waals surface area (Å²) in [4.78, 5) is 11.1. The van der Waals surface area contributed by atoms with E-state index in [1.165, 1.54) is 0 Å². The van der Waals surface area contributed by atoms with Crippen LogP contribution >= 0.6 is 0 Å². The minimum atomic E-state index is -0.579. The van der Waals surface area contributed by atoms with Gasteiger partial charge in [-0.15, -0.1) is 0 Å². The second-order valence-corrected chi connectivity index (χ2v) is 4.21. The minimum Gasteiger partial charge on any atom is -0.390 e. The Morgan fingerprint density at radius 3 is 2.92 bits per heavy atom. The lowest BCUT2D eigenvalue weighted by Crippen LogP contribution is -2.44. The molecule has 1 saturated carbocycles. The Kier molecular flexibility index (Phi) is 3.31. The molecule has 2 N–H and O–H groups in total. The maximum absolute atomic E-state index is 11.1. The van der Waals surface area contributed by atoms with Crippen molar-refractivity contribution in [3.05, 3.63) is 0 Å². The zero-order valence-electron chi connectivity index (χ0n) is 8.47. The summed E-state index contributed by atoms with van der Waals surface area (Å²) in [5.74, 6) is 0.0858. The predicted octanol–water partition coefficient (Wildman–Crippen LogP) is 1.21. The third-order valence-electron chi connectivity index (χ3n) is 2.64. The van der Waals surface area contributed by atoms with E-state index in [1.54, 1.807) is 0 Å². The second-order valence-electron chi connectivity index (χ2n) is 4.21. The van der Waals surface area contributed by atoms with Crippen LogP contribution in [0.3, 0.4) is 0 Å². The van der Waals surface area contributed by atoms with Gasteiger partial charge in [-0.05, 0) is 32.6 Å². The fourth-order valence-corrected chi connectivity index (χ4v) is 1.92. The summed E-state index contributed by atoms with van der Waals surface area (Å²) in [6.07, 6.45) is 4.08. The summed E-state index contributed by atoms with van der Waals surface area (Å²) in [5.41, 5.74) is -0.579. The number of nitrogens with one attached hydrogen (secondary N) is 1. The first-order valence-corrected chi connectivity index (χ1v) is 5.05. The Morgan fingerprint density at radius 2 is 2.38 bits per heavy atom. The third kappa shape index (κ3) is 3.35. The Hall–Kier alpha value is -0.570. The zero-order chi connectivity index (χ0) is 9.90. The Labute approximate surface area is 79.5 Å². The van der Waals surface area contributed by atoms with E-state index >= 15 is 0 Å². The number of aliphatic hydroxyl groups is 1. The molecule has 0 heterocycles. The maximum atomic E-state index is 11.1. The summed E-state index contributed by atoms with van der Waals surface area (Å²) < 4.78 is 0.